The quantitative estimate of drug-likeness (QED) is 0.691. The molecule has 0 saturated heterocycles. The van der Waals surface area contributed by atoms with Crippen molar-refractivity contribution in [2.24, 2.45) is 5.10 Å². The smallest absolute Gasteiger partial charge is 0.453 e. The number of ether oxygens (including phenoxy) is 2. The summed E-state index contributed by atoms with van der Waals surface area (Å²) < 4.78 is 48.7. The van der Waals surface area contributed by atoms with Crippen molar-refractivity contribution in [3.8, 4) is 11.5 Å². The lowest BCUT2D eigenvalue weighted by Gasteiger charge is -2.07. The second kappa shape index (κ2) is 6.18. The Balaban J connectivity index is 2.45. The summed E-state index contributed by atoms with van der Waals surface area (Å²) in [5, 5.41) is 8.91. The van der Waals surface area contributed by atoms with Crippen LogP contribution in [0.2, 0.25) is 0 Å². The molecule has 2 rings (SSSR count). The van der Waals surface area contributed by atoms with E-state index in [9.17, 15) is 13.2 Å². The molecule has 22 heavy (non-hydrogen) atoms. The van der Waals surface area contributed by atoms with Crippen LogP contribution in [-0.4, -0.2) is 35.3 Å². The largest absolute Gasteiger partial charge is 0.497 e. The third-order valence-corrected chi connectivity index (χ3v) is 2.92. The van der Waals surface area contributed by atoms with Gasteiger partial charge in [0.2, 0.25) is 4.77 Å². The van der Waals surface area contributed by atoms with Crippen molar-refractivity contribution < 1.29 is 22.6 Å². The standard InChI is InChI=1S/C12H11F3N4O2S/c1-20-8-3-4-9(21-2)7(5-8)6-16-19-10(12(13,14)15)17-18-11(19)22/h3-6H,1-2H3,(H,18,22)/b16-6-. The van der Waals surface area contributed by atoms with Crippen LogP contribution >= 0.6 is 12.2 Å². The van der Waals surface area contributed by atoms with Gasteiger partial charge in [-0.2, -0.15) is 22.9 Å². The van der Waals surface area contributed by atoms with E-state index in [1.54, 1.807) is 18.2 Å². The van der Waals surface area contributed by atoms with E-state index in [1.807, 2.05) is 0 Å². The minimum atomic E-state index is -4.68. The fourth-order valence-corrected chi connectivity index (χ4v) is 1.82. The van der Waals surface area contributed by atoms with Gasteiger partial charge in [-0.05, 0) is 30.4 Å². The summed E-state index contributed by atoms with van der Waals surface area (Å²) >= 11 is 4.74. The molecule has 0 fully saturated rings. The van der Waals surface area contributed by atoms with Crippen molar-refractivity contribution in [3.05, 3.63) is 34.4 Å². The molecule has 118 valence electrons. The summed E-state index contributed by atoms with van der Waals surface area (Å²) in [4.78, 5) is 0. The number of halogens is 3. The van der Waals surface area contributed by atoms with Crippen LogP contribution in [0.4, 0.5) is 13.2 Å². The number of nitrogens with one attached hydrogen (secondary N) is 1. The number of hydrogen-bond donors (Lipinski definition) is 1. The maximum atomic E-state index is 12.8. The van der Waals surface area contributed by atoms with Crippen molar-refractivity contribution in [2.45, 2.75) is 6.18 Å². The molecule has 0 spiro atoms. The van der Waals surface area contributed by atoms with Gasteiger partial charge in [-0.3, -0.25) is 0 Å². The highest BCUT2D eigenvalue weighted by Crippen LogP contribution is 2.27. The molecule has 2 aromatic rings. The van der Waals surface area contributed by atoms with E-state index < -0.39 is 12.0 Å². The molecule has 1 aromatic carbocycles. The molecule has 6 nitrogen and oxygen atoms in total. The fraction of sp³-hybridized carbons (Fsp3) is 0.250. The molecule has 0 amide bonds. The monoisotopic (exact) mass is 332 g/mol. The molecule has 0 aliphatic rings. The average molecular weight is 332 g/mol. The van der Waals surface area contributed by atoms with Gasteiger partial charge in [0.15, 0.2) is 0 Å². The van der Waals surface area contributed by atoms with Crippen LogP contribution < -0.4 is 9.47 Å². The number of rotatable bonds is 4. The van der Waals surface area contributed by atoms with Crippen LogP contribution in [0.15, 0.2) is 23.3 Å². The lowest BCUT2D eigenvalue weighted by Crippen LogP contribution is -2.12. The summed E-state index contributed by atoms with van der Waals surface area (Å²) in [7, 11) is 2.90. The Labute approximate surface area is 128 Å². The fourth-order valence-electron chi connectivity index (χ4n) is 1.64. The Hall–Kier alpha value is -2.36. The molecular weight excluding hydrogens is 321 g/mol. The zero-order valence-electron chi connectivity index (χ0n) is 11.5. The molecule has 1 N–H and O–H groups in total. The lowest BCUT2D eigenvalue weighted by molar-refractivity contribution is -0.147. The molecule has 0 bridgehead atoms. The number of aromatic nitrogens is 3. The Morgan fingerprint density at radius 3 is 2.64 bits per heavy atom. The van der Waals surface area contributed by atoms with Crippen LogP contribution in [0.25, 0.3) is 0 Å². The molecule has 10 heteroatoms. The van der Waals surface area contributed by atoms with Crippen LogP contribution in [-0.2, 0) is 6.18 Å². The summed E-state index contributed by atoms with van der Waals surface area (Å²) in [5.74, 6) is -0.308. The second-order valence-corrected chi connectivity index (χ2v) is 4.40. The number of methoxy groups -OCH3 is 2. The van der Waals surface area contributed by atoms with Gasteiger partial charge in [-0.1, -0.05) is 0 Å². The van der Waals surface area contributed by atoms with E-state index in [-0.39, 0.29) is 4.77 Å². The first kappa shape index (κ1) is 16.0. The van der Waals surface area contributed by atoms with Crippen LogP contribution in [0.1, 0.15) is 11.4 Å². The van der Waals surface area contributed by atoms with Gasteiger partial charge in [0.1, 0.15) is 11.5 Å². The summed E-state index contributed by atoms with van der Waals surface area (Å²) in [6.07, 6.45) is -3.49. The lowest BCUT2D eigenvalue weighted by atomic mass is 10.2. The SMILES string of the molecule is COc1ccc(OC)c(/C=N\n2c(C(F)(F)F)n[nH]c2=S)c1. The number of aromatic amines is 1. The highest BCUT2D eigenvalue weighted by molar-refractivity contribution is 7.71. The molecule has 1 heterocycles. The Morgan fingerprint density at radius 1 is 1.32 bits per heavy atom. The predicted molar refractivity (Wildman–Crippen MR) is 75.0 cm³/mol. The van der Waals surface area contributed by atoms with E-state index in [2.05, 4.69) is 15.3 Å². The average Bonchev–Trinajstić information content (AvgIpc) is 2.85. The molecule has 0 aliphatic heterocycles. The van der Waals surface area contributed by atoms with Crippen molar-refractivity contribution in [1.29, 1.82) is 0 Å². The van der Waals surface area contributed by atoms with Gasteiger partial charge < -0.3 is 9.47 Å². The number of nitrogens with zero attached hydrogens (tertiary/aromatic N) is 3. The van der Waals surface area contributed by atoms with Gasteiger partial charge in [0.25, 0.3) is 5.82 Å². The van der Waals surface area contributed by atoms with Gasteiger partial charge in [-0.25, -0.2) is 5.10 Å². The topological polar surface area (TPSA) is 64.4 Å². The van der Waals surface area contributed by atoms with Gasteiger partial charge in [0, 0.05) is 5.56 Å². The van der Waals surface area contributed by atoms with E-state index >= 15 is 0 Å². The van der Waals surface area contributed by atoms with Crippen molar-refractivity contribution in [1.82, 2.24) is 14.9 Å². The van der Waals surface area contributed by atoms with Crippen LogP contribution in [0.3, 0.4) is 0 Å². The normalized spacial score (nSPS) is 11.9. The maximum Gasteiger partial charge on any atom is 0.453 e. The zero-order valence-corrected chi connectivity index (χ0v) is 12.3. The van der Waals surface area contributed by atoms with Gasteiger partial charge >= 0.3 is 6.18 Å². The van der Waals surface area contributed by atoms with Gasteiger partial charge in [0.05, 0.1) is 20.4 Å². The van der Waals surface area contributed by atoms with Crippen molar-refractivity contribution in [3.63, 3.8) is 0 Å². The molecule has 0 unspecified atom stereocenters. The highest BCUT2D eigenvalue weighted by Gasteiger charge is 2.37. The minimum absolute atomic E-state index is 0.273. The second-order valence-electron chi connectivity index (χ2n) is 4.01. The predicted octanol–water partition coefficient (Wildman–Crippen LogP) is 2.86. The molecule has 0 saturated carbocycles. The first-order chi connectivity index (χ1) is 10.4. The number of benzene rings is 1. The van der Waals surface area contributed by atoms with E-state index in [4.69, 9.17) is 21.7 Å². The van der Waals surface area contributed by atoms with Crippen LogP contribution in [0.5, 0.6) is 11.5 Å². The van der Waals surface area contributed by atoms with Crippen molar-refractivity contribution >= 4 is 18.4 Å². The van der Waals surface area contributed by atoms with E-state index in [0.29, 0.717) is 21.7 Å². The van der Waals surface area contributed by atoms with Crippen molar-refractivity contribution in [2.75, 3.05) is 14.2 Å². The molecular formula is C12H11F3N4O2S. The Kier molecular flexibility index (Phi) is 4.50. The molecule has 0 aliphatic carbocycles. The zero-order chi connectivity index (χ0) is 16.3. The Morgan fingerprint density at radius 2 is 2.05 bits per heavy atom. The minimum Gasteiger partial charge on any atom is -0.497 e. The first-order valence-corrected chi connectivity index (χ1v) is 6.28. The van der Waals surface area contributed by atoms with Crippen LogP contribution in [0, 0.1) is 4.77 Å². The van der Waals surface area contributed by atoms with Gasteiger partial charge in [-0.15, -0.1) is 5.10 Å². The first-order valence-electron chi connectivity index (χ1n) is 5.88. The molecule has 0 atom stereocenters. The Bertz CT molecular complexity index is 752. The summed E-state index contributed by atoms with van der Waals surface area (Å²) in [5.41, 5.74) is 0.429. The maximum absolute atomic E-state index is 12.8. The third kappa shape index (κ3) is 3.27. The van der Waals surface area contributed by atoms with E-state index in [1.165, 1.54) is 20.4 Å². The summed E-state index contributed by atoms with van der Waals surface area (Å²) in [6.45, 7) is 0. The molecule has 1 aromatic heterocycles. The number of hydrogen-bond acceptors (Lipinski definition) is 5. The summed E-state index contributed by atoms with van der Waals surface area (Å²) in [6, 6.07) is 4.83. The number of alkyl halides is 3. The highest BCUT2D eigenvalue weighted by atomic mass is 32.1. The van der Waals surface area contributed by atoms with E-state index in [0.717, 1.165) is 0 Å². The number of H-pyrrole nitrogens is 1. The third-order valence-electron chi connectivity index (χ3n) is 2.65. The molecule has 0 radical (unpaired) electrons.